The van der Waals surface area contributed by atoms with Crippen molar-refractivity contribution in [1.82, 2.24) is 5.32 Å². The molecular weight excluding hydrogens is 268 g/mol. The summed E-state index contributed by atoms with van der Waals surface area (Å²) in [5.41, 5.74) is 2.09. The molecule has 5 heteroatoms. The second-order valence-electron chi connectivity index (χ2n) is 4.63. The fraction of sp³-hybridized carbons (Fsp3) is 0.188. The third-order valence-electron chi connectivity index (χ3n) is 3.03. The first kappa shape index (κ1) is 14.9. The van der Waals surface area contributed by atoms with Gasteiger partial charge in [-0.15, -0.1) is 0 Å². The van der Waals surface area contributed by atoms with E-state index in [2.05, 4.69) is 10.6 Å². The number of phenolic OH excluding ortho intramolecular Hbond substituents is 2. The Morgan fingerprint density at radius 1 is 1.05 bits per heavy atom. The van der Waals surface area contributed by atoms with Crippen molar-refractivity contribution >= 4 is 11.6 Å². The van der Waals surface area contributed by atoms with Crippen LogP contribution in [-0.2, 0) is 6.54 Å². The van der Waals surface area contributed by atoms with Crippen molar-refractivity contribution in [3.63, 3.8) is 0 Å². The summed E-state index contributed by atoms with van der Waals surface area (Å²) < 4.78 is 0. The molecule has 110 valence electrons. The summed E-state index contributed by atoms with van der Waals surface area (Å²) in [5.74, 6) is -0.910. The lowest BCUT2D eigenvalue weighted by Crippen LogP contribution is -2.13. The van der Waals surface area contributed by atoms with Crippen molar-refractivity contribution in [2.24, 2.45) is 0 Å². The standard InChI is InChI=1S/C16H18N2O3/c1-2-17-10-11-3-6-13(7-4-11)18-16(21)12-5-8-14(19)15(20)9-12/h3-9,17,19-20H,2,10H2,1H3,(H,18,21). The van der Waals surface area contributed by atoms with E-state index in [0.717, 1.165) is 18.7 Å². The third-order valence-corrected chi connectivity index (χ3v) is 3.03. The van der Waals surface area contributed by atoms with Crippen LogP contribution in [-0.4, -0.2) is 22.7 Å². The number of phenols is 2. The first-order chi connectivity index (χ1) is 10.1. The van der Waals surface area contributed by atoms with Crippen LogP contribution in [0.2, 0.25) is 0 Å². The van der Waals surface area contributed by atoms with E-state index in [1.165, 1.54) is 18.2 Å². The van der Waals surface area contributed by atoms with Gasteiger partial charge in [0.05, 0.1) is 0 Å². The van der Waals surface area contributed by atoms with Crippen LogP contribution in [0.1, 0.15) is 22.8 Å². The number of carbonyl (C=O) groups excluding carboxylic acids is 1. The molecule has 0 bridgehead atoms. The predicted molar refractivity (Wildman–Crippen MR) is 81.5 cm³/mol. The van der Waals surface area contributed by atoms with Crippen LogP contribution in [0.25, 0.3) is 0 Å². The van der Waals surface area contributed by atoms with Crippen LogP contribution in [0.3, 0.4) is 0 Å². The van der Waals surface area contributed by atoms with Crippen molar-refractivity contribution < 1.29 is 15.0 Å². The topological polar surface area (TPSA) is 81.6 Å². The average molecular weight is 286 g/mol. The molecule has 2 rings (SSSR count). The molecule has 2 aromatic carbocycles. The minimum Gasteiger partial charge on any atom is -0.504 e. The number of anilines is 1. The van der Waals surface area contributed by atoms with E-state index >= 15 is 0 Å². The third kappa shape index (κ3) is 3.97. The monoisotopic (exact) mass is 286 g/mol. The number of nitrogens with one attached hydrogen (secondary N) is 2. The molecule has 1 amide bonds. The van der Waals surface area contributed by atoms with E-state index in [9.17, 15) is 15.0 Å². The van der Waals surface area contributed by atoms with Crippen LogP contribution in [0.15, 0.2) is 42.5 Å². The molecule has 5 nitrogen and oxygen atoms in total. The first-order valence-corrected chi connectivity index (χ1v) is 6.73. The van der Waals surface area contributed by atoms with Crippen molar-refractivity contribution in [2.45, 2.75) is 13.5 Å². The number of carbonyl (C=O) groups is 1. The maximum absolute atomic E-state index is 12.0. The van der Waals surface area contributed by atoms with Crippen molar-refractivity contribution in [2.75, 3.05) is 11.9 Å². The van der Waals surface area contributed by atoms with Gasteiger partial charge < -0.3 is 20.8 Å². The molecule has 2 aromatic rings. The van der Waals surface area contributed by atoms with Crippen LogP contribution < -0.4 is 10.6 Å². The SMILES string of the molecule is CCNCc1ccc(NC(=O)c2ccc(O)c(O)c2)cc1. The summed E-state index contributed by atoms with van der Waals surface area (Å²) in [6.45, 7) is 3.74. The molecule has 0 unspecified atom stereocenters. The Hall–Kier alpha value is -2.53. The van der Waals surface area contributed by atoms with Gasteiger partial charge in [-0.25, -0.2) is 0 Å². The molecule has 0 heterocycles. The van der Waals surface area contributed by atoms with E-state index in [1.807, 2.05) is 31.2 Å². The minimum atomic E-state index is -0.343. The van der Waals surface area contributed by atoms with Crippen LogP contribution in [0.5, 0.6) is 11.5 Å². The lowest BCUT2D eigenvalue weighted by Gasteiger charge is -2.08. The Morgan fingerprint density at radius 3 is 2.38 bits per heavy atom. The molecule has 21 heavy (non-hydrogen) atoms. The molecule has 4 N–H and O–H groups in total. The van der Waals surface area contributed by atoms with Gasteiger partial charge >= 0.3 is 0 Å². The zero-order valence-corrected chi connectivity index (χ0v) is 11.8. The Balaban J connectivity index is 2.03. The summed E-state index contributed by atoms with van der Waals surface area (Å²) in [6, 6.07) is 11.5. The smallest absolute Gasteiger partial charge is 0.255 e. The molecule has 0 atom stereocenters. The summed E-state index contributed by atoms with van der Waals surface area (Å²) in [5, 5.41) is 24.6. The van der Waals surface area contributed by atoms with Gasteiger partial charge in [-0.05, 0) is 42.4 Å². The summed E-state index contributed by atoms with van der Waals surface area (Å²) in [4.78, 5) is 12.0. The van der Waals surface area contributed by atoms with E-state index in [4.69, 9.17) is 0 Å². The Bertz CT molecular complexity index is 624. The fourth-order valence-electron chi connectivity index (χ4n) is 1.84. The van der Waals surface area contributed by atoms with E-state index < -0.39 is 0 Å². The molecule has 0 radical (unpaired) electrons. The molecule has 0 fully saturated rings. The maximum atomic E-state index is 12.0. The molecule has 0 aliphatic heterocycles. The number of rotatable bonds is 5. The van der Waals surface area contributed by atoms with E-state index in [-0.39, 0.29) is 23.0 Å². The zero-order valence-electron chi connectivity index (χ0n) is 11.8. The Labute approximate surface area is 123 Å². The van der Waals surface area contributed by atoms with Gasteiger partial charge in [0.1, 0.15) is 0 Å². The predicted octanol–water partition coefficient (Wildman–Crippen LogP) is 2.46. The van der Waals surface area contributed by atoms with Gasteiger partial charge in [-0.2, -0.15) is 0 Å². The minimum absolute atomic E-state index is 0.251. The Morgan fingerprint density at radius 2 is 1.76 bits per heavy atom. The zero-order chi connectivity index (χ0) is 15.2. The summed E-state index contributed by atoms with van der Waals surface area (Å²) >= 11 is 0. The summed E-state index contributed by atoms with van der Waals surface area (Å²) in [7, 11) is 0. The number of hydrogen-bond acceptors (Lipinski definition) is 4. The average Bonchev–Trinajstić information content (AvgIpc) is 2.49. The second kappa shape index (κ2) is 6.76. The highest BCUT2D eigenvalue weighted by Gasteiger charge is 2.09. The molecule has 0 spiro atoms. The Kier molecular flexibility index (Phi) is 4.79. The van der Waals surface area contributed by atoms with Gasteiger partial charge in [0.15, 0.2) is 11.5 Å². The van der Waals surface area contributed by atoms with Gasteiger partial charge in [-0.1, -0.05) is 19.1 Å². The molecule has 0 saturated heterocycles. The fourth-order valence-corrected chi connectivity index (χ4v) is 1.84. The van der Waals surface area contributed by atoms with E-state index in [0.29, 0.717) is 5.69 Å². The number of aromatic hydroxyl groups is 2. The van der Waals surface area contributed by atoms with Crippen molar-refractivity contribution in [3.8, 4) is 11.5 Å². The van der Waals surface area contributed by atoms with Gasteiger partial charge in [0.2, 0.25) is 0 Å². The number of amides is 1. The number of benzene rings is 2. The quantitative estimate of drug-likeness (QED) is 0.636. The lowest BCUT2D eigenvalue weighted by molar-refractivity contribution is 0.102. The van der Waals surface area contributed by atoms with Crippen LogP contribution >= 0.6 is 0 Å². The van der Waals surface area contributed by atoms with Crippen LogP contribution in [0, 0.1) is 0 Å². The summed E-state index contributed by atoms with van der Waals surface area (Å²) in [6.07, 6.45) is 0. The van der Waals surface area contributed by atoms with Gasteiger partial charge in [0.25, 0.3) is 5.91 Å². The largest absolute Gasteiger partial charge is 0.504 e. The van der Waals surface area contributed by atoms with Crippen molar-refractivity contribution in [3.05, 3.63) is 53.6 Å². The lowest BCUT2D eigenvalue weighted by atomic mass is 10.1. The van der Waals surface area contributed by atoms with Gasteiger partial charge in [0, 0.05) is 17.8 Å². The highest BCUT2D eigenvalue weighted by atomic mass is 16.3. The molecule has 0 saturated carbocycles. The molecular formula is C16H18N2O3. The van der Waals surface area contributed by atoms with Crippen LogP contribution in [0.4, 0.5) is 5.69 Å². The number of hydrogen-bond donors (Lipinski definition) is 4. The molecule has 0 aromatic heterocycles. The highest BCUT2D eigenvalue weighted by Crippen LogP contribution is 2.25. The normalized spacial score (nSPS) is 10.3. The van der Waals surface area contributed by atoms with Gasteiger partial charge in [-0.3, -0.25) is 4.79 Å². The van der Waals surface area contributed by atoms with E-state index in [1.54, 1.807) is 0 Å². The highest BCUT2D eigenvalue weighted by molar-refractivity contribution is 6.04. The second-order valence-corrected chi connectivity index (χ2v) is 4.63. The van der Waals surface area contributed by atoms with Crippen molar-refractivity contribution in [1.29, 1.82) is 0 Å². The molecule has 0 aliphatic carbocycles. The molecule has 0 aliphatic rings. The maximum Gasteiger partial charge on any atom is 0.255 e. The first-order valence-electron chi connectivity index (χ1n) is 6.73.